The van der Waals surface area contributed by atoms with Gasteiger partial charge in [-0.25, -0.2) is 18.6 Å². The van der Waals surface area contributed by atoms with Gasteiger partial charge in [-0.15, -0.1) is 0 Å². The zero-order valence-electron chi connectivity index (χ0n) is 15.0. The summed E-state index contributed by atoms with van der Waals surface area (Å²) < 4.78 is 54.7. The van der Waals surface area contributed by atoms with Gasteiger partial charge in [-0.1, -0.05) is 18.2 Å². The fourth-order valence-corrected chi connectivity index (χ4v) is 3.41. The third-order valence-corrected chi connectivity index (χ3v) is 4.94. The number of urea groups is 1. The number of hydrogen-bond acceptors (Lipinski definition) is 3. The quantitative estimate of drug-likeness (QED) is 0.531. The Kier molecular flexibility index (Phi) is 4.29. The predicted molar refractivity (Wildman–Crippen MR) is 93.8 cm³/mol. The topological polar surface area (TPSA) is 67.2 Å². The van der Waals surface area contributed by atoms with Gasteiger partial charge in [0.05, 0.1) is 17.6 Å². The van der Waals surface area contributed by atoms with Crippen molar-refractivity contribution in [2.75, 3.05) is 0 Å². The molecule has 10 heteroatoms. The zero-order valence-corrected chi connectivity index (χ0v) is 15.0. The molecule has 1 N–H and O–H groups in total. The minimum atomic E-state index is -2.93. The Morgan fingerprint density at radius 1 is 1.10 bits per heavy atom. The highest BCUT2D eigenvalue weighted by atomic mass is 19.3. The van der Waals surface area contributed by atoms with Crippen molar-refractivity contribution in [2.45, 2.75) is 25.6 Å². The van der Waals surface area contributed by atoms with Crippen molar-refractivity contribution in [3.05, 3.63) is 65.5 Å². The van der Waals surface area contributed by atoms with Crippen LogP contribution in [-0.2, 0) is 16.9 Å². The van der Waals surface area contributed by atoms with Crippen molar-refractivity contribution < 1.29 is 27.2 Å². The van der Waals surface area contributed by atoms with Crippen LogP contribution in [0.4, 0.5) is 22.4 Å². The molecular weight excluding hydrogens is 392 g/mol. The molecule has 3 amide bonds. The van der Waals surface area contributed by atoms with E-state index in [9.17, 15) is 27.2 Å². The van der Waals surface area contributed by atoms with Gasteiger partial charge in [-0.2, -0.15) is 8.78 Å². The van der Waals surface area contributed by atoms with Crippen LogP contribution in [0.1, 0.15) is 24.9 Å². The molecule has 2 heterocycles. The molecule has 1 aromatic heterocycles. The van der Waals surface area contributed by atoms with E-state index in [1.54, 1.807) is 12.1 Å². The van der Waals surface area contributed by atoms with Crippen LogP contribution in [0, 0.1) is 11.6 Å². The molecule has 0 radical (unpaired) electrons. The van der Waals surface area contributed by atoms with E-state index in [1.165, 1.54) is 25.1 Å². The van der Waals surface area contributed by atoms with Gasteiger partial charge < -0.3 is 5.32 Å². The normalized spacial score (nSPS) is 19.4. The molecule has 0 aliphatic carbocycles. The largest absolute Gasteiger partial charge is 0.325 e. The Labute approximate surface area is 161 Å². The van der Waals surface area contributed by atoms with Crippen molar-refractivity contribution in [1.29, 1.82) is 0 Å². The lowest BCUT2D eigenvalue weighted by atomic mass is 9.92. The highest BCUT2D eigenvalue weighted by Crippen LogP contribution is 2.32. The molecule has 6 nitrogen and oxygen atoms in total. The number of imidazole rings is 1. The van der Waals surface area contributed by atoms with Crippen LogP contribution in [0.5, 0.6) is 0 Å². The van der Waals surface area contributed by atoms with E-state index in [1.807, 2.05) is 0 Å². The van der Waals surface area contributed by atoms with Gasteiger partial charge in [-0.3, -0.25) is 14.3 Å². The van der Waals surface area contributed by atoms with Gasteiger partial charge >= 0.3 is 12.6 Å². The number of imide groups is 1. The molecule has 4 rings (SSSR count). The molecule has 1 aliphatic heterocycles. The summed E-state index contributed by atoms with van der Waals surface area (Å²) in [7, 11) is 0. The molecule has 1 fully saturated rings. The van der Waals surface area contributed by atoms with E-state index in [2.05, 4.69) is 10.3 Å². The molecule has 3 aromatic rings. The standard InChI is InChI=1S/C19H14F4N4O2/c1-19(10-6-7-11(20)12(21)8-10)16(28)26(18(29)25-19)9-15-24-13-4-2-3-5-14(13)27(15)17(22)23/h2-8,17H,9H2,1H3,(H,25,29). The molecule has 0 spiro atoms. The van der Waals surface area contributed by atoms with Crippen molar-refractivity contribution in [2.24, 2.45) is 0 Å². The minimum Gasteiger partial charge on any atom is -0.319 e. The first-order valence-corrected chi connectivity index (χ1v) is 8.56. The van der Waals surface area contributed by atoms with Crippen LogP contribution in [0.3, 0.4) is 0 Å². The second-order valence-electron chi connectivity index (χ2n) is 6.74. The van der Waals surface area contributed by atoms with Crippen LogP contribution in [0.2, 0.25) is 0 Å². The number of hydrogen-bond donors (Lipinski definition) is 1. The molecule has 1 atom stereocenters. The summed E-state index contributed by atoms with van der Waals surface area (Å²) in [6, 6.07) is 8.16. The third-order valence-electron chi connectivity index (χ3n) is 4.94. The van der Waals surface area contributed by atoms with E-state index in [-0.39, 0.29) is 16.9 Å². The maximum atomic E-state index is 13.6. The summed E-state index contributed by atoms with van der Waals surface area (Å²) in [5.41, 5.74) is -1.20. The number of amides is 3. The summed E-state index contributed by atoms with van der Waals surface area (Å²) in [4.78, 5) is 30.2. The van der Waals surface area contributed by atoms with E-state index in [0.29, 0.717) is 10.1 Å². The Balaban J connectivity index is 1.71. The van der Waals surface area contributed by atoms with Gasteiger partial charge in [-0.05, 0) is 36.8 Å². The highest BCUT2D eigenvalue weighted by Gasteiger charge is 2.49. The smallest absolute Gasteiger partial charge is 0.319 e. The molecule has 1 aliphatic rings. The van der Waals surface area contributed by atoms with E-state index in [0.717, 1.165) is 17.0 Å². The number of rotatable bonds is 4. The SMILES string of the molecule is CC1(c2ccc(F)c(F)c2)NC(=O)N(Cc2nc3ccccc3n2C(F)F)C1=O. The van der Waals surface area contributed by atoms with Crippen molar-refractivity contribution in [3.8, 4) is 0 Å². The van der Waals surface area contributed by atoms with Gasteiger partial charge in [0.25, 0.3) is 5.91 Å². The summed E-state index contributed by atoms with van der Waals surface area (Å²) in [5, 5.41) is 2.42. The van der Waals surface area contributed by atoms with Crippen molar-refractivity contribution >= 4 is 23.0 Å². The Morgan fingerprint density at radius 3 is 2.52 bits per heavy atom. The van der Waals surface area contributed by atoms with E-state index in [4.69, 9.17) is 0 Å². The molecular formula is C19H14F4N4O2. The summed E-state index contributed by atoms with van der Waals surface area (Å²) >= 11 is 0. The van der Waals surface area contributed by atoms with Gasteiger partial charge in [0, 0.05) is 0 Å². The molecule has 150 valence electrons. The second kappa shape index (κ2) is 6.57. The first kappa shape index (κ1) is 18.9. The number of benzene rings is 2. The Morgan fingerprint density at radius 2 is 1.83 bits per heavy atom. The lowest BCUT2D eigenvalue weighted by Gasteiger charge is -2.22. The fourth-order valence-electron chi connectivity index (χ4n) is 3.41. The Hall–Kier alpha value is -3.43. The van der Waals surface area contributed by atoms with E-state index >= 15 is 0 Å². The molecule has 2 aromatic carbocycles. The van der Waals surface area contributed by atoms with Crippen LogP contribution in [-0.4, -0.2) is 26.4 Å². The average molecular weight is 406 g/mol. The average Bonchev–Trinajstić information content (AvgIpc) is 3.15. The first-order valence-electron chi connectivity index (χ1n) is 8.56. The van der Waals surface area contributed by atoms with Crippen LogP contribution < -0.4 is 5.32 Å². The fraction of sp³-hybridized carbons (Fsp3) is 0.211. The third kappa shape index (κ3) is 2.91. The first-order chi connectivity index (χ1) is 13.7. The van der Waals surface area contributed by atoms with E-state index < -0.39 is 42.2 Å². The van der Waals surface area contributed by atoms with Gasteiger partial charge in [0.15, 0.2) is 11.6 Å². The summed E-state index contributed by atoms with van der Waals surface area (Å²) in [6.07, 6.45) is 0. The highest BCUT2D eigenvalue weighted by molar-refractivity contribution is 6.07. The monoisotopic (exact) mass is 406 g/mol. The number of para-hydroxylation sites is 2. The molecule has 1 unspecified atom stereocenters. The van der Waals surface area contributed by atoms with Crippen molar-refractivity contribution in [3.63, 3.8) is 0 Å². The van der Waals surface area contributed by atoms with Crippen LogP contribution in [0.25, 0.3) is 11.0 Å². The lowest BCUT2D eigenvalue weighted by molar-refractivity contribution is -0.131. The Bertz CT molecular complexity index is 1150. The summed E-state index contributed by atoms with van der Waals surface area (Å²) in [6.45, 7) is -2.12. The maximum Gasteiger partial charge on any atom is 0.325 e. The number of carbonyl (C=O) groups excluding carboxylic acids is 2. The maximum absolute atomic E-state index is 13.6. The minimum absolute atomic E-state index is 0.0274. The number of halogens is 4. The number of carbonyl (C=O) groups is 2. The molecule has 29 heavy (non-hydrogen) atoms. The van der Waals surface area contributed by atoms with Gasteiger partial charge in [0.2, 0.25) is 0 Å². The molecule has 0 bridgehead atoms. The lowest BCUT2D eigenvalue weighted by Crippen LogP contribution is -2.41. The molecule has 0 saturated carbocycles. The van der Waals surface area contributed by atoms with Crippen LogP contribution >= 0.6 is 0 Å². The molecule has 1 saturated heterocycles. The number of nitrogens with one attached hydrogen (secondary N) is 1. The number of fused-ring (bicyclic) bond motifs is 1. The van der Waals surface area contributed by atoms with Crippen LogP contribution in [0.15, 0.2) is 42.5 Å². The number of alkyl halides is 2. The summed E-state index contributed by atoms with van der Waals surface area (Å²) in [5.74, 6) is -3.25. The van der Waals surface area contributed by atoms with Gasteiger partial charge in [0.1, 0.15) is 11.4 Å². The number of aromatic nitrogens is 2. The second-order valence-corrected chi connectivity index (χ2v) is 6.74. The van der Waals surface area contributed by atoms with Crippen molar-refractivity contribution in [1.82, 2.24) is 19.8 Å². The zero-order chi connectivity index (χ0) is 20.9. The predicted octanol–water partition coefficient (Wildman–Crippen LogP) is 3.68. The number of nitrogens with zero attached hydrogens (tertiary/aromatic N) is 3.